The topological polar surface area (TPSA) is 81.3 Å². The van der Waals surface area contributed by atoms with Crippen molar-refractivity contribution in [3.05, 3.63) is 66.2 Å². The molecule has 23 heavy (non-hydrogen) atoms. The summed E-state index contributed by atoms with van der Waals surface area (Å²) < 4.78 is 5.72. The van der Waals surface area contributed by atoms with Crippen molar-refractivity contribution < 1.29 is 9.84 Å². The molecule has 5 nitrogen and oxygen atoms in total. The van der Waals surface area contributed by atoms with Crippen LogP contribution in [0.15, 0.2) is 54.6 Å². The summed E-state index contributed by atoms with van der Waals surface area (Å²) in [5.74, 6) is 0.823. The number of hydrogen-bond acceptors (Lipinski definition) is 5. The summed E-state index contributed by atoms with van der Waals surface area (Å²) in [5.41, 5.74) is 8.08. The van der Waals surface area contributed by atoms with Gasteiger partial charge >= 0.3 is 0 Å². The SMILES string of the molecule is Nc1nnc(-c2ccccc2O)cc1OCCc1cc[c]cc1. The lowest BCUT2D eigenvalue weighted by molar-refractivity contribution is 0.322. The van der Waals surface area contributed by atoms with Gasteiger partial charge < -0.3 is 15.6 Å². The Morgan fingerprint density at radius 3 is 2.65 bits per heavy atom. The van der Waals surface area contributed by atoms with Gasteiger partial charge in [-0.3, -0.25) is 0 Å². The van der Waals surface area contributed by atoms with E-state index in [9.17, 15) is 5.11 Å². The predicted octanol–water partition coefficient (Wildman–Crippen LogP) is 2.85. The van der Waals surface area contributed by atoms with E-state index in [1.165, 1.54) is 0 Å². The second kappa shape index (κ2) is 6.79. The summed E-state index contributed by atoms with van der Waals surface area (Å²) in [6.07, 6.45) is 0.752. The first-order chi connectivity index (χ1) is 11.2. The lowest BCUT2D eigenvalue weighted by Crippen LogP contribution is -2.06. The number of nitrogens with zero attached hydrogens (tertiary/aromatic N) is 2. The quantitative estimate of drug-likeness (QED) is 0.757. The highest BCUT2D eigenvalue weighted by molar-refractivity contribution is 5.68. The molecule has 0 amide bonds. The minimum Gasteiger partial charge on any atom is -0.507 e. The van der Waals surface area contributed by atoms with Crippen molar-refractivity contribution >= 4 is 5.82 Å². The van der Waals surface area contributed by atoms with Gasteiger partial charge in [-0.15, -0.1) is 10.2 Å². The molecule has 3 aromatic rings. The Bertz CT molecular complexity index is 791. The van der Waals surface area contributed by atoms with Crippen LogP contribution in [0.5, 0.6) is 11.5 Å². The maximum Gasteiger partial charge on any atom is 0.188 e. The van der Waals surface area contributed by atoms with Crippen LogP contribution in [0.1, 0.15) is 5.56 Å². The second-order valence-corrected chi connectivity index (χ2v) is 5.00. The van der Waals surface area contributed by atoms with E-state index in [1.807, 2.05) is 30.3 Å². The van der Waals surface area contributed by atoms with Crippen molar-refractivity contribution in [2.45, 2.75) is 6.42 Å². The van der Waals surface area contributed by atoms with Gasteiger partial charge in [-0.05, 0) is 23.8 Å². The molecule has 5 heteroatoms. The number of para-hydroxylation sites is 1. The number of hydrogen-bond donors (Lipinski definition) is 2. The smallest absolute Gasteiger partial charge is 0.188 e. The molecular formula is C18H16N3O2. The van der Waals surface area contributed by atoms with Crippen LogP contribution in [0, 0.1) is 6.07 Å². The summed E-state index contributed by atoms with van der Waals surface area (Å²) in [6.45, 7) is 0.472. The third-order valence-corrected chi connectivity index (χ3v) is 3.40. The molecule has 0 fully saturated rings. The highest BCUT2D eigenvalue weighted by Crippen LogP contribution is 2.30. The first-order valence-corrected chi connectivity index (χ1v) is 7.23. The normalized spacial score (nSPS) is 10.4. The van der Waals surface area contributed by atoms with Crippen LogP contribution in [0.3, 0.4) is 0 Å². The molecule has 0 bridgehead atoms. The Labute approximate surface area is 134 Å². The molecule has 0 aliphatic rings. The van der Waals surface area contributed by atoms with Gasteiger partial charge in [0.05, 0.1) is 6.61 Å². The number of nitrogen functional groups attached to an aromatic ring is 1. The standard InChI is InChI=1S/C18H16N3O2/c19-18-17(23-11-10-13-6-2-1-3-7-13)12-15(20-21-18)14-8-4-5-9-16(14)22/h2-9,12,22H,10-11H2,(H2,19,21). The number of nitrogens with two attached hydrogens (primary N) is 1. The fourth-order valence-corrected chi connectivity index (χ4v) is 2.19. The van der Waals surface area contributed by atoms with Crippen LogP contribution < -0.4 is 10.5 Å². The number of anilines is 1. The van der Waals surface area contributed by atoms with Gasteiger partial charge in [0, 0.05) is 18.1 Å². The third kappa shape index (κ3) is 3.58. The van der Waals surface area contributed by atoms with E-state index in [4.69, 9.17) is 10.5 Å². The highest BCUT2D eigenvalue weighted by atomic mass is 16.5. The summed E-state index contributed by atoms with van der Waals surface area (Å²) in [7, 11) is 0. The molecular weight excluding hydrogens is 290 g/mol. The Morgan fingerprint density at radius 2 is 1.87 bits per heavy atom. The molecule has 0 saturated heterocycles. The summed E-state index contributed by atoms with van der Waals surface area (Å²) >= 11 is 0. The van der Waals surface area contributed by atoms with E-state index in [2.05, 4.69) is 16.3 Å². The van der Waals surface area contributed by atoms with Crippen molar-refractivity contribution in [1.82, 2.24) is 10.2 Å². The lowest BCUT2D eigenvalue weighted by Gasteiger charge is -2.10. The van der Waals surface area contributed by atoms with E-state index in [-0.39, 0.29) is 11.6 Å². The molecule has 0 unspecified atom stereocenters. The van der Waals surface area contributed by atoms with Gasteiger partial charge in [0.15, 0.2) is 11.6 Å². The molecule has 0 saturated carbocycles. The summed E-state index contributed by atoms with van der Waals surface area (Å²) in [5, 5.41) is 17.8. The molecule has 1 aromatic heterocycles. The van der Waals surface area contributed by atoms with E-state index < -0.39 is 0 Å². The average molecular weight is 306 g/mol. The van der Waals surface area contributed by atoms with Crippen LogP contribution in [0.2, 0.25) is 0 Å². The monoisotopic (exact) mass is 306 g/mol. The number of rotatable bonds is 5. The van der Waals surface area contributed by atoms with Gasteiger partial charge in [0.25, 0.3) is 0 Å². The number of benzene rings is 2. The largest absolute Gasteiger partial charge is 0.507 e. The Morgan fingerprint density at radius 1 is 1.09 bits per heavy atom. The molecule has 0 aliphatic heterocycles. The van der Waals surface area contributed by atoms with E-state index >= 15 is 0 Å². The predicted molar refractivity (Wildman–Crippen MR) is 88.0 cm³/mol. The van der Waals surface area contributed by atoms with Crippen LogP contribution in [0.25, 0.3) is 11.3 Å². The van der Waals surface area contributed by atoms with Crippen LogP contribution in [0.4, 0.5) is 5.82 Å². The number of aromatic nitrogens is 2. The van der Waals surface area contributed by atoms with Crippen LogP contribution >= 0.6 is 0 Å². The number of ether oxygens (including phenoxy) is 1. The Balaban J connectivity index is 1.75. The number of phenols is 1. The van der Waals surface area contributed by atoms with Crippen LogP contribution in [-0.4, -0.2) is 21.9 Å². The molecule has 115 valence electrons. The fraction of sp³-hybridized carbons (Fsp3) is 0.111. The molecule has 0 spiro atoms. The average Bonchev–Trinajstić information content (AvgIpc) is 2.58. The second-order valence-electron chi connectivity index (χ2n) is 5.00. The molecule has 1 heterocycles. The molecule has 0 atom stereocenters. The molecule has 0 aliphatic carbocycles. The number of phenolic OH excluding ortho intramolecular Hbond substituents is 1. The zero-order valence-electron chi connectivity index (χ0n) is 12.4. The van der Waals surface area contributed by atoms with Gasteiger partial charge in [0.2, 0.25) is 0 Å². The van der Waals surface area contributed by atoms with Crippen molar-refractivity contribution in [3.63, 3.8) is 0 Å². The zero-order valence-corrected chi connectivity index (χ0v) is 12.4. The summed E-state index contributed by atoms with van der Waals surface area (Å²) in [4.78, 5) is 0. The van der Waals surface area contributed by atoms with Gasteiger partial charge in [-0.1, -0.05) is 36.4 Å². The minimum atomic E-state index is 0.137. The van der Waals surface area contributed by atoms with Crippen molar-refractivity contribution in [2.24, 2.45) is 0 Å². The van der Waals surface area contributed by atoms with Gasteiger partial charge in [-0.2, -0.15) is 0 Å². The Hall–Kier alpha value is -3.08. The van der Waals surface area contributed by atoms with E-state index in [1.54, 1.807) is 24.3 Å². The van der Waals surface area contributed by atoms with Crippen molar-refractivity contribution in [2.75, 3.05) is 12.3 Å². The van der Waals surface area contributed by atoms with Gasteiger partial charge in [-0.25, -0.2) is 0 Å². The van der Waals surface area contributed by atoms with E-state index in [0.29, 0.717) is 23.6 Å². The highest BCUT2D eigenvalue weighted by Gasteiger charge is 2.10. The van der Waals surface area contributed by atoms with Crippen molar-refractivity contribution in [1.29, 1.82) is 0 Å². The first kappa shape index (κ1) is 14.8. The molecule has 2 aromatic carbocycles. The molecule has 1 radical (unpaired) electrons. The van der Waals surface area contributed by atoms with Crippen LogP contribution in [-0.2, 0) is 6.42 Å². The zero-order chi connectivity index (χ0) is 16.1. The third-order valence-electron chi connectivity index (χ3n) is 3.40. The molecule has 3 rings (SSSR count). The minimum absolute atomic E-state index is 0.137. The molecule has 3 N–H and O–H groups in total. The Kier molecular flexibility index (Phi) is 4.38. The first-order valence-electron chi connectivity index (χ1n) is 7.23. The fourth-order valence-electron chi connectivity index (χ4n) is 2.19. The van der Waals surface area contributed by atoms with E-state index in [0.717, 1.165) is 12.0 Å². The maximum atomic E-state index is 9.91. The summed E-state index contributed by atoms with van der Waals surface area (Å²) in [6, 6.07) is 19.3. The van der Waals surface area contributed by atoms with Gasteiger partial charge in [0.1, 0.15) is 11.4 Å². The maximum absolute atomic E-state index is 9.91. The number of aromatic hydroxyl groups is 1. The lowest BCUT2D eigenvalue weighted by atomic mass is 10.1. The van der Waals surface area contributed by atoms with Crippen molar-refractivity contribution in [3.8, 4) is 22.8 Å².